The molecule has 0 radical (unpaired) electrons. The number of carbonyl (C=O) groups excluding carboxylic acids is 3. The molecule has 11 heteroatoms. The molecule has 6 N–H and O–H groups in total. The molecular formula is C28H31N3O7S. The molecular weight excluding hydrogens is 522 g/mol. The number of hydrogen-bond donors (Lipinski definition) is 5. The number of allylic oxidation sites excluding steroid dienone is 1. The summed E-state index contributed by atoms with van der Waals surface area (Å²) in [7, 11) is 7.15. The molecule has 5 rings (SSSR count). The highest BCUT2D eigenvalue weighted by Crippen LogP contribution is 2.53. The molecule has 0 fully saturated rings. The van der Waals surface area contributed by atoms with Gasteiger partial charge in [0, 0.05) is 27.8 Å². The lowest BCUT2D eigenvalue weighted by Gasteiger charge is -2.50. The van der Waals surface area contributed by atoms with Crippen LogP contribution < -0.4 is 5.73 Å². The van der Waals surface area contributed by atoms with Crippen LogP contribution in [0.15, 0.2) is 46.9 Å². The van der Waals surface area contributed by atoms with Gasteiger partial charge >= 0.3 is 0 Å². The van der Waals surface area contributed by atoms with Crippen molar-refractivity contribution in [1.29, 1.82) is 0 Å². The van der Waals surface area contributed by atoms with Gasteiger partial charge in [0.1, 0.15) is 22.8 Å². The number of primary amides is 1. The van der Waals surface area contributed by atoms with Crippen LogP contribution in [-0.2, 0) is 22.6 Å². The lowest BCUT2D eigenvalue weighted by molar-refractivity contribution is -0.148. The molecule has 4 atom stereocenters. The molecule has 0 saturated heterocycles. The van der Waals surface area contributed by atoms with Crippen molar-refractivity contribution in [2.75, 3.05) is 28.2 Å². The summed E-state index contributed by atoms with van der Waals surface area (Å²) in [6.07, 6.45) is 0.302. The zero-order valence-corrected chi connectivity index (χ0v) is 22.9. The Morgan fingerprint density at radius 2 is 1.79 bits per heavy atom. The number of benzene rings is 1. The Hall–Kier alpha value is -3.51. The first-order chi connectivity index (χ1) is 18.3. The minimum Gasteiger partial charge on any atom is -0.510 e. The van der Waals surface area contributed by atoms with Crippen LogP contribution in [0.25, 0.3) is 10.4 Å². The van der Waals surface area contributed by atoms with Crippen LogP contribution in [0.3, 0.4) is 0 Å². The quantitative estimate of drug-likeness (QED) is 0.348. The molecule has 3 aliphatic carbocycles. The van der Waals surface area contributed by atoms with Crippen molar-refractivity contribution in [3.63, 3.8) is 0 Å². The van der Waals surface area contributed by atoms with E-state index >= 15 is 0 Å². The van der Waals surface area contributed by atoms with Gasteiger partial charge in [0.25, 0.3) is 5.91 Å². The van der Waals surface area contributed by atoms with Gasteiger partial charge in [0.15, 0.2) is 11.4 Å². The monoisotopic (exact) mass is 553 g/mol. The van der Waals surface area contributed by atoms with Crippen molar-refractivity contribution in [3.05, 3.63) is 62.9 Å². The van der Waals surface area contributed by atoms with E-state index in [2.05, 4.69) is 4.90 Å². The van der Waals surface area contributed by atoms with Crippen molar-refractivity contribution < 1.29 is 34.8 Å². The number of carbonyl (C=O) groups is 3. The van der Waals surface area contributed by atoms with Crippen LogP contribution in [0.4, 0.5) is 0 Å². The molecule has 2 aromatic rings. The number of ketones is 2. The molecule has 0 unspecified atom stereocenters. The number of likely N-dealkylation sites (N-methyl/N-ethyl adjacent to an activating group) is 1. The highest BCUT2D eigenvalue weighted by molar-refractivity contribution is 7.15. The molecule has 39 heavy (non-hydrogen) atoms. The van der Waals surface area contributed by atoms with Crippen molar-refractivity contribution in [2.24, 2.45) is 17.6 Å². The Bertz CT molecular complexity index is 1490. The molecule has 0 spiro atoms. The average molecular weight is 554 g/mol. The number of phenols is 1. The Kier molecular flexibility index (Phi) is 6.46. The first-order valence-corrected chi connectivity index (χ1v) is 13.3. The lowest BCUT2D eigenvalue weighted by Crippen LogP contribution is -2.63. The second-order valence-corrected chi connectivity index (χ2v) is 12.1. The molecule has 1 aromatic carbocycles. The van der Waals surface area contributed by atoms with Gasteiger partial charge in [-0.05, 0) is 82.3 Å². The minimum atomic E-state index is -2.65. The van der Waals surface area contributed by atoms with Gasteiger partial charge in [-0.1, -0.05) is 0 Å². The van der Waals surface area contributed by atoms with Gasteiger partial charge in [-0.2, -0.15) is 0 Å². The zero-order valence-electron chi connectivity index (χ0n) is 22.1. The number of aromatic hydroxyl groups is 1. The van der Waals surface area contributed by atoms with E-state index in [4.69, 9.17) is 5.73 Å². The fourth-order valence-electron chi connectivity index (χ4n) is 6.40. The fourth-order valence-corrected chi connectivity index (χ4v) is 7.58. The van der Waals surface area contributed by atoms with Gasteiger partial charge in [0.2, 0.25) is 5.78 Å². The predicted molar refractivity (Wildman–Crippen MR) is 144 cm³/mol. The summed E-state index contributed by atoms with van der Waals surface area (Å²) >= 11 is 1.58. The molecule has 0 aliphatic heterocycles. The van der Waals surface area contributed by atoms with Crippen LogP contribution in [0.1, 0.15) is 27.2 Å². The number of rotatable bonds is 5. The molecule has 1 amide bonds. The third kappa shape index (κ3) is 3.91. The molecule has 10 nitrogen and oxygen atoms in total. The van der Waals surface area contributed by atoms with Gasteiger partial charge in [-0.25, -0.2) is 0 Å². The topological polar surface area (TPSA) is 165 Å². The smallest absolute Gasteiger partial charge is 0.255 e. The maximum atomic E-state index is 13.9. The number of nitrogens with zero attached hydrogens (tertiary/aromatic N) is 2. The number of thiophene rings is 1. The van der Waals surface area contributed by atoms with E-state index in [1.54, 1.807) is 31.5 Å². The average Bonchev–Trinajstić information content (AvgIpc) is 3.28. The number of Topliss-reactive ketones (excluding diaryl/α,β-unsaturated/α-hetero) is 2. The van der Waals surface area contributed by atoms with E-state index in [-0.39, 0.29) is 29.7 Å². The van der Waals surface area contributed by atoms with Crippen molar-refractivity contribution >= 4 is 28.8 Å². The summed E-state index contributed by atoms with van der Waals surface area (Å²) in [5, 5.41) is 44.7. The van der Waals surface area contributed by atoms with E-state index < -0.39 is 58.0 Å². The third-order valence-corrected chi connectivity index (χ3v) is 9.11. The number of hydrogen-bond acceptors (Lipinski definition) is 10. The number of aliphatic hydroxyl groups excluding tert-OH is 2. The van der Waals surface area contributed by atoms with E-state index in [1.165, 1.54) is 11.0 Å². The third-order valence-electron chi connectivity index (χ3n) is 8.01. The van der Waals surface area contributed by atoms with Crippen LogP contribution in [-0.4, -0.2) is 87.5 Å². The highest BCUT2D eigenvalue weighted by atomic mass is 32.1. The lowest BCUT2D eigenvalue weighted by atomic mass is 9.58. The van der Waals surface area contributed by atoms with E-state index in [1.807, 2.05) is 26.2 Å². The normalized spacial score (nSPS) is 26.7. The molecule has 1 aromatic heterocycles. The summed E-state index contributed by atoms with van der Waals surface area (Å²) < 4.78 is 0. The summed E-state index contributed by atoms with van der Waals surface area (Å²) in [6.45, 7) is 0.748. The largest absolute Gasteiger partial charge is 0.510 e. The standard InChI is InChI=1S/C28H31N3O7S/c1-30(2)11-13-5-8-18(39-13)14-6-7-17(32)20-15(14)9-12-10-16-22(31(3)4)24(34)21(27(29)37)26(36)28(16,38)25(35)19(12)23(20)33/h5-8,12,16,22,32,34-35,38H,9-11H2,1-4H3,(H2,29,37)/t12-,16-,22-,28-/m0/s1. The highest BCUT2D eigenvalue weighted by Gasteiger charge is 2.63. The van der Waals surface area contributed by atoms with Crippen LogP contribution in [0.2, 0.25) is 0 Å². The Morgan fingerprint density at radius 3 is 2.41 bits per heavy atom. The maximum absolute atomic E-state index is 13.9. The Balaban J connectivity index is 1.67. The van der Waals surface area contributed by atoms with Gasteiger partial charge in [-0.15, -0.1) is 11.3 Å². The molecule has 206 valence electrons. The second kappa shape index (κ2) is 9.30. The van der Waals surface area contributed by atoms with Crippen LogP contribution in [0, 0.1) is 11.8 Å². The first kappa shape index (κ1) is 27.1. The van der Waals surface area contributed by atoms with Crippen molar-refractivity contribution in [1.82, 2.24) is 9.80 Å². The maximum Gasteiger partial charge on any atom is 0.255 e. The second-order valence-electron chi connectivity index (χ2n) is 11.0. The van der Waals surface area contributed by atoms with Crippen molar-refractivity contribution in [2.45, 2.75) is 31.0 Å². The molecule has 0 saturated carbocycles. The Morgan fingerprint density at radius 1 is 1.10 bits per heavy atom. The van der Waals surface area contributed by atoms with Crippen LogP contribution >= 0.6 is 11.3 Å². The Labute approximate surface area is 229 Å². The SMILES string of the molecule is CN(C)Cc1ccc(-c2ccc(O)c3c2C[C@H]2C[C@H]4[C@H](N(C)C)C(O)=C(C(N)=O)C(=O)[C@@]4(O)C(O)=C2C3=O)s1. The number of amides is 1. The molecule has 3 aliphatic rings. The summed E-state index contributed by atoms with van der Waals surface area (Å²) in [4.78, 5) is 45.0. The van der Waals surface area contributed by atoms with Crippen LogP contribution in [0.5, 0.6) is 5.75 Å². The van der Waals surface area contributed by atoms with E-state index in [0.717, 1.165) is 21.9 Å². The predicted octanol–water partition coefficient (Wildman–Crippen LogP) is 1.91. The molecule has 0 bridgehead atoms. The van der Waals surface area contributed by atoms with E-state index in [0.29, 0.717) is 5.56 Å². The fraction of sp³-hybridized carbons (Fsp3) is 0.393. The summed E-state index contributed by atoms with van der Waals surface area (Å²) in [6, 6.07) is 6.16. The number of fused-ring (bicyclic) bond motifs is 3. The van der Waals surface area contributed by atoms with Gasteiger partial charge < -0.3 is 31.1 Å². The number of phenolic OH excluding ortho intramolecular Hbond substituents is 1. The zero-order chi connectivity index (χ0) is 28.5. The van der Waals surface area contributed by atoms with Crippen molar-refractivity contribution in [3.8, 4) is 16.2 Å². The van der Waals surface area contributed by atoms with Gasteiger partial charge in [-0.3, -0.25) is 19.3 Å². The number of aliphatic hydroxyl groups is 3. The van der Waals surface area contributed by atoms with Gasteiger partial charge in [0.05, 0.1) is 11.6 Å². The summed E-state index contributed by atoms with van der Waals surface area (Å²) in [5.74, 6) is -6.58. The van der Waals surface area contributed by atoms with E-state index in [9.17, 15) is 34.8 Å². The summed E-state index contributed by atoms with van der Waals surface area (Å²) in [5.41, 5.74) is 3.15. The minimum absolute atomic E-state index is 0.0100. The number of nitrogens with two attached hydrogens (primary N) is 1. The molecule has 1 heterocycles. The first-order valence-electron chi connectivity index (χ1n) is 12.5.